The zero-order chi connectivity index (χ0) is 12.0. The van der Waals surface area contributed by atoms with Crippen molar-refractivity contribution in [2.24, 2.45) is 0 Å². The van der Waals surface area contributed by atoms with Crippen molar-refractivity contribution in [3.8, 4) is 0 Å². The zero-order valence-corrected chi connectivity index (χ0v) is 9.74. The fourth-order valence-corrected chi connectivity index (χ4v) is 1.87. The fourth-order valence-electron chi connectivity index (χ4n) is 1.87. The molecule has 16 heavy (non-hydrogen) atoms. The zero-order valence-electron chi connectivity index (χ0n) is 9.74. The van der Waals surface area contributed by atoms with E-state index in [0.29, 0.717) is 12.8 Å². The van der Waals surface area contributed by atoms with Crippen LogP contribution in [0.25, 0.3) is 0 Å². The van der Waals surface area contributed by atoms with Crippen LogP contribution in [0.2, 0.25) is 0 Å². The fraction of sp³-hybridized carbons (Fsp3) is 0.818. The molecule has 1 atom stereocenters. The molecule has 0 spiro atoms. The molecule has 0 aromatic heterocycles. The first-order chi connectivity index (χ1) is 7.63. The van der Waals surface area contributed by atoms with Crippen LogP contribution in [0.4, 0.5) is 0 Å². The van der Waals surface area contributed by atoms with Crippen LogP contribution in [0.1, 0.15) is 32.6 Å². The smallest absolute Gasteiger partial charge is 0.326 e. The lowest BCUT2D eigenvalue weighted by atomic mass is 10.2. The Labute approximate surface area is 95.8 Å². The van der Waals surface area contributed by atoms with Crippen molar-refractivity contribution >= 4 is 11.9 Å². The molecule has 92 valence electrons. The molecular formula is C11H20N2O3. The monoisotopic (exact) mass is 228 g/mol. The summed E-state index contributed by atoms with van der Waals surface area (Å²) in [5.41, 5.74) is 0. The van der Waals surface area contributed by atoms with Crippen LogP contribution in [0.15, 0.2) is 0 Å². The van der Waals surface area contributed by atoms with Crippen molar-refractivity contribution in [2.45, 2.75) is 38.6 Å². The van der Waals surface area contributed by atoms with Gasteiger partial charge >= 0.3 is 5.97 Å². The summed E-state index contributed by atoms with van der Waals surface area (Å²) in [7, 11) is 0. The maximum absolute atomic E-state index is 11.5. The summed E-state index contributed by atoms with van der Waals surface area (Å²) in [6, 6.07) is -0.744. The highest BCUT2D eigenvalue weighted by atomic mass is 16.4. The minimum atomic E-state index is -0.961. The molecule has 1 amide bonds. The summed E-state index contributed by atoms with van der Waals surface area (Å²) in [5.74, 6) is -1.13. The van der Waals surface area contributed by atoms with Gasteiger partial charge in [0, 0.05) is 13.0 Å². The molecule has 1 aliphatic heterocycles. The van der Waals surface area contributed by atoms with Crippen molar-refractivity contribution in [1.82, 2.24) is 10.2 Å². The molecule has 5 heteroatoms. The van der Waals surface area contributed by atoms with E-state index in [9.17, 15) is 9.59 Å². The summed E-state index contributed by atoms with van der Waals surface area (Å²) in [5, 5.41) is 11.3. The van der Waals surface area contributed by atoms with Crippen LogP contribution in [0.5, 0.6) is 0 Å². The Morgan fingerprint density at radius 3 is 2.50 bits per heavy atom. The Morgan fingerprint density at radius 1 is 1.38 bits per heavy atom. The minimum Gasteiger partial charge on any atom is -0.480 e. The van der Waals surface area contributed by atoms with Gasteiger partial charge in [-0.25, -0.2) is 4.79 Å². The number of nitrogens with one attached hydrogen (secondary N) is 1. The maximum atomic E-state index is 11.5. The highest BCUT2D eigenvalue weighted by molar-refractivity contribution is 5.83. The van der Waals surface area contributed by atoms with E-state index in [4.69, 9.17) is 5.11 Å². The van der Waals surface area contributed by atoms with Gasteiger partial charge < -0.3 is 15.3 Å². The van der Waals surface area contributed by atoms with Gasteiger partial charge in [-0.1, -0.05) is 6.92 Å². The third-order valence-corrected chi connectivity index (χ3v) is 2.90. The number of aliphatic carboxylic acids is 1. The first-order valence-electron chi connectivity index (χ1n) is 5.88. The van der Waals surface area contributed by atoms with Gasteiger partial charge in [-0.3, -0.25) is 4.79 Å². The molecule has 1 rings (SSSR count). The summed E-state index contributed by atoms with van der Waals surface area (Å²) in [6.07, 6.45) is 3.22. The number of rotatable bonds is 6. The van der Waals surface area contributed by atoms with E-state index in [2.05, 4.69) is 10.2 Å². The number of hydrogen-bond donors (Lipinski definition) is 2. The van der Waals surface area contributed by atoms with E-state index in [-0.39, 0.29) is 5.91 Å². The molecular weight excluding hydrogens is 208 g/mol. The average molecular weight is 228 g/mol. The van der Waals surface area contributed by atoms with E-state index in [1.165, 1.54) is 12.8 Å². The quantitative estimate of drug-likeness (QED) is 0.692. The van der Waals surface area contributed by atoms with Gasteiger partial charge in [0.15, 0.2) is 0 Å². The molecule has 0 radical (unpaired) electrons. The third kappa shape index (κ3) is 4.18. The van der Waals surface area contributed by atoms with Crippen molar-refractivity contribution < 1.29 is 14.7 Å². The highest BCUT2D eigenvalue weighted by Gasteiger charge is 2.18. The van der Waals surface area contributed by atoms with Crippen LogP contribution in [0.3, 0.4) is 0 Å². The van der Waals surface area contributed by atoms with Gasteiger partial charge in [-0.15, -0.1) is 0 Å². The number of carboxylic acids is 1. The molecule has 0 aromatic rings. The predicted molar refractivity (Wildman–Crippen MR) is 60.1 cm³/mol. The van der Waals surface area contributed by atoms with Gasteiger partial charge in [0.05, 0.1) is 0 Å². The average Bonchev–Trinajstić information content (AvgIpc) is 2.75. The highest BCUT2D eigenvalue weighted by Crippen LogP contribution is 2.07. The lowest BCUT2D eigenvalue weighted by Gasteiger charge is -2.16. The Hall–Kier alpha value is -1.10. The van der Waals surface area contributed by atoms with Gasteiger partial charge in [-0.2, -0.15) is 0 Å². The second-order valence-electron chi connectivity index (χ2n) is 4.17. The Bertz CT molecular complexity index is 250. The van der Waals surface area contributed by atoms with E-state index in [1.54, 1.807) is 6.92 Å². The maximum Gasteiger partial charge on any atom is 0.326 e. The molecule has 0 saturated carbocycles. The van der Waals surface area contributed by atoms with Crippen molar-refractivity contribution in [3.05, 3.63) is 0 Å². The molecule has 2 N–H and O–H groups in total. The van der Waals surface area contributed by atoms with Gasteiger partial charge in [0.1, 0.15) is 6.04 Å². The first kappa shape index (κ1) is 13.0. The second kappa shape index (κ2) is 6.48. The van der Waals surface area contributed by atoms with E-state index in [0.717, 1.165) is 19.6 Å². The summed E-state index contributed by atoms with van der Waals surface area (Å²) in [4.78, 5) is 24.4. The molecule has 0 unspecified atom stereocenters. The molecule has 0 bridgehead atoms. The van der Waals surface area contributed by atoms with Crippen LogP contribution in [0, 0.1) is 0 Å². The van der Waals surface area contributed by atoms with Gasteiger partial charge in [0.2, 0.25) is 5.91 Å². The molecule has 0 aromatic carbocycles. The standard InChI is InChI=1S/C11H20N2O3/c1-2-9(11(15)16)12-10(14)5-8-13-6-3-4-7-13/h9H,2-8H2,1H3,(H,12,14)(H,15,16)/t9-/m0/s1. The second-order valence-corrected chi connectivity index (χ2v) is 4.17. The Balaban J connectivity index is 2.21. The minimum absolute atomic E-state index is 0.166. The first-order valence-corrected chi connectivity index (χ1v) is 5.88. The predicted octanol–water partition coefficient (Wildman–Crippen LogP) is 0.452. The topological polar surface area (TPSA) is 69.6 Å². The van der Waals surface area contributed by atoms with Crippen molar-refractivity contribution in [2.75, 3.05) is 19.6 Å². The lowest BCUT2D eigenvalue weighted by molar-refractivity contribution is -0.141. The summed E-state index contributed by atoms with van der Waals surface area (Å²) < 4.78 is 0. The molecule has 0 aliphatic carbocycles. The Kier molecular flexibility index (Phi) is 5.25. The molecule has 1 heterocycles. The van der Waals surface area contributed by atoms with Crippen LogP contribution in [-0.2, 0) is 9.59 Å². The summed E-state index contributed by atoms with van der Waals surface area (Å²) in [6.45, 7) is 4.61. The number of nitrogens with zero attached hydrogens (tertiary/aromatic N) is 1. The number of carboxylic acid groups (broad SMARTS) is 1. The number of hydrogen-bond acceptors (Lipinski definition) is 3. The number of carbonyl (C=O) groups excluding carboxylic acids is 1. The van der Waals surface area contributed by atoms with E-state index < -0.39 is 12.0 Å². The SMILES string of the molecule is CC[C@H](NC(=O)CCN1CCCC1)C(=O)O. The third-order valence-electron chi connectivity index (χ3n) is 2.90. The molecule has 1 fully saturated rings. The lowest BCUT2D eigenvalue weighted by Crippen LogP contribution is -2.41. The molecule has 5 nitrogen and oxygen atoms in total. The van der Waals surface area contributed by atoms with Gasteiger partial charge in [0.25, 0.3) is 0 Å². The molecule has 1 saturated heterocycles. The van der Waals surface area contributed by atoms with Crippen LogP contribution >= 0.6 is 0 Å². The molecule has 1 aliphatic rings. The van der Waals surface area contributed by atoms with Crippen molar-refractivity contribution in [1.29, 1.82) is 0 Å². The van der Waals surface area contributed by atoms with Gasteiger partial charge in [-0.05, 0) is 32.4 Å². The van der Waals surface area contributed by atoms with Crippen LogP contribution in [-0.4, -0.2) is 47.6 Å². The number of amides is 1. The normalized spacial score (nSPS) is 18.3. The van der Waals surface area contributed by atoms with Crippen LogP contribution < -0.4 is 5.32 Å². The van der Waals surface area contributed by atoms with E-state index >= 15 is 0 Å². The van der Waals surface area contributed by atoms with Crippen molar-refractivity contribution in [3.63, 3.8) is 0 Å². The Morgan fingerprint density at radius 2 is 2.00 bits per heavy atom. The largest absolute Gasteiger partial charge is 0.480 e. The summed E-state index contributed by atoms with van der Waals surface area (Å²) >= 11 is 0. The number of likely N-dealkylation sites (tertiary alicyclic amines) is 1. The van der Waals surface area contributed by atoms with E-state index in [1.807, 2.05) is 0 Å². The number of carbonyl (C=O) groups is 2.